The van der Waals surface area contributed by atoms with Crippen molar-refractivity contribution >= 4 is 0 Å². The van der Waals surface area contributed by atoms with Gasteiger partial charge < -0.3 is 5.32 Å². The van der Waals surface area contributed by atoms with E-state index in [1.807, 2.05) is 0 Å². The molecular formula is C18H30N2. The molecule has 1 aromatic rings. The quantitative estimate of drug-likeness (QED) is 0.810. The molecule has 1 N–H and O–H groups in total. The van der Waals surface area contributed by atoms with Crippen molar-refractivity contribution in [3.63, 3.8) is 0 Å². The molecule has 2 heteroatoms. The van der Waals surface area contributed by atoms with Crippen LogP contribution in [0, 0.1) is 0 Å². The molecule has 0 aliphatic heterocycles. The molecule has 0 unspecified atom stereocenters. The van der Waals surface area contributed by atoms with Gasteiger partial charge in [0.15, 0.2) is 0 Å². The summed E-state index contributed by atoms with van der Waals surface area (Å²) < 4.78 is 0. The first kappa shape index (κ1) is 15.5. The van der Waals surface area contributed by atoms with E-state index in [1.54, 1.807) is 0 Å². The fraction of sp³-hybridized carbons (Fsp3) is 0.667. The first-order valence-corrected chi connectivity index (χ1v) is 8.25. The molecule has 0 amide bonds. The van der Waals surface area contributed by atoms with Gasteiger partial charge in [0.05, 0.1) is 0 Å². The Morgan fingerprint density at radius 2 is 1.80 bits per heavy atom. The molecular weight excluding hydrogens is 244 g/mol. The van der Waals surface area contributed by atoms with Gasteiger partial charge in [0, 0.05) is 25.2 Å². The Morgan fingerprint density at radius 3 is 2.40 bits per heavy atom. The Hall–Kier alpha value is -0.860. The normalized spacial score (nSPS) is 16.4. The van der Waals surface area contributed by atoms with Crippen LogP contribution in [0.5, 0.6) is 0 Å². The van der Waals surface area contributed by atoms with Gasteiger partial charge in [0.2, 0.25) is 0 Å². The molecule has 1 aliphatic carbocycles. The first-order chi connectivity index (χ1) is 9.70. The molecule has 20 heavy (non-hydrogen) atoms. The zero-order valence-corrected chi connectivity index (χ0v) is 13.4. The van der Waals surface area contributed by atoms with E-state index in [2.05, 4.69) is 55.3 Å². The molecule has 0 spiro atoms. The summed E-state index contributed by atoms with van der Waals surface area (Å²) >= 11 is 0. The van der Waals surface area contributed by atoms with Crippen LogP contribution in [0.15, 0.2) is 24.3 Å². The lowest BCUT2D eigenvalue weighted by Crippen LogP contribution is -2.33. The Balaban J connectivity index is 2.02. The lowest BCUT2D eigenvalue weighted by Gasteiger charge is -2.28. The van der Waals surface area contributed by atoms with Gasteiger partial charge in [-0.1, -0.05) is 57.9 Å². The van der Waals surface area contributed by atoms with Crippen LogP contribution < -0.4 is 5.32 Å². The van der Waals surface area contributed by atoms with Crippen LogP contribution in [0.4, 0.5) is 0 Å². The lowest BCUT2D eigenvalue weighted by atomic mass is 10.1. The van der Waals surface area contributed by atoms with Gasteiger partial charge >= 0.3 is 0 Å². The molecule has 0 bridgehead atoms. The van der Waals surface area contributed by atoms with Gasteiger partial charge in [0.25, 0.3) is 0 Å². The third-order valence-corrected chi connectivity index (χ3v) is 4.44. The summed E-state index contributed by atoms with van der Waals surface area (Å²) in [6, 6.07) is 10.3. The van der Waals surface area contributed by atoms with Crippen molar-refractivity contribution in [1.82, 2.24) is 10.2 Å². The van der Waals surface area contributed by atoms with Gasteiger partial charge in [0.1, 0.15) is 0 Å². The summed E-state index contributed by atoms with van der Waals surface area (Å²) in [5, 5.41) is 3.54. The maximum Gasteiger partial charge on any atom is 0.0239 e. The molecule has 1 aliphatic rings. The van der Waals surface area contributed by atoms with Gasteiger partial charge in [-0.15, -0.1) is 0 Å². The highest BCUT2D eigenvalue weighted by molar-refractivity contribution is 5.27. The highest BCUT2D eigenvalue weighted by atomic mass is 15.1. The topological polar surface area (TPSA) is 15.3 Å². The highest BCUT2D eigenvalue weighted by Crippen LogP contribution is 2.25. The van der Waals surface area contributed by atoms with E-state index in [1.165, 1.54) is 36.8 Å². The number of nitrogens with zero attached hydrogens (tertiary/aromatic N) is 1. The summed E-state index contributed by atoms with van der Waals surface area (Å²) in [6.07, 6.45) is 5.61. The average molecular weight is 274 g/mol. The maximum absolute atomic E-state index is 3.54. The smallest absolute Gasteiger partial charge is 0.0239 e. The van der Waals surface area contributed by atoms with Crippen molar-refractivity contribution in [3.05, 3.63) is 35.4 Å². The summed E-state index contributed by atoms with van der Waals surface area (Å²) in [4.78, 5) is 2.67. The van der Waals surface area contributed by atoms with Crippen LogP contribution in [-0.4, -0.2) is 23.5 Å². The first-order valence-electron chi connectivity index (χ1n) is 8.25. The van der Waals surface area contributed by atoms with Crippen LogP contribution in [0.2, 0.25) is 0 Å². The number of hydrogen-bond donors (Lipinski definition) is 1. The van der Waals surface area contributed by atoms with E-state index in [-0.39, 0.29) is 0 Å². The Morgan fingerprint density at radius 1 is 1.15 bits per heavy atom. The summed E-state index contributed by atoms with van der Waals surface area (Å²) in [6.45, 7) is 9.97. The molecule has 0 atom stereocenters. The third-order valence-electron chi connectivity index (χ3n) is 4.44. The molecule has 0 aromatic heterocycles. The van der Waals surface area contributed by atoms with Crippen LogP contribution in [0.3, 0.4) is 0 Å². The predicted molar refractivity (Wildman–Crippen MR) is 86.8 cm³/mol. The van der Waals surface area contributed by atoms with Crippen molar-refractivity contribution in [2.45, 2.75) is 71.6 Å². The van der Waals surface area contributed by atoms with Gasteiger partial charge in [-0.2, -0.15) is 0 Å². The molecule has 1 saturated carbocycles. The van der Waals surface area contributed by atoms with Crippen LogP contribution in [0.25, 0.3) is 0 Å². The third kappa shape index (κ3) is 4.32. The number of benzene rings is 1. The van der Waals surface area contributed by atoms with E-state index in [0.717, 1.165) is 25.7 Å². The summed E-state index contributed by atoms with van der Waals surface area (Å²) in [5.41, 5.74) is 2.95. The fourth-order valence-corrected chi connectivity index (χ4v) is 3.19. The second kappa shape index (κ2) is 7.80. The fourth-order valence-electron chi connectivity index (χ4n) is 3.19. The minimum Gasteiger partial charge on any atom is -0.310 e. The van der Waals surface area contributed by atoms with Crippen molar-refractivity contribution in [1.29, 1.82) is 0 Å². The zero-order chi connectivity index (χ0) is 14.4. The minimum absolute atomic E-state index is 0.542. The van der Waals surface area contributed by atoms with Gasteiger partial charge in [-0.25, -0.2) is 0 Å². The number of hydrogen-bond acceptors (Lipinski definition) is 2. The van der Waals surface area contributed by atoms with Gasteiger partial charge in [-0.05, 0) is 30.5 Å². The van der Waals surface area contributed by atoms with E-state index < -0.39 is 0 Å². The van der Waals surface area contributed by atoms with Crippen LogP contribution in [0.1, 0.15) is 57.6 Å². The van der Waals surface area contributed by atoms with Crippen molar-refractivity contribution in [3.8, 4) is 0 Å². The monoisotopic (exact) mass is 274 g/mol. The lowest BCUT2D eigenvalue weighted by molar-refractivity contribution is 0.199. The Labute approximate surface area is 124 Å². The van der Waals surface area contributed by atoms with Crippen molar-refractivity contribution < 1.29 is 0 Å². The molecule has 2 nitrogen and oxygen atoms in total. The number of nitrogens with one attached hydrogen (secondary N) is 1. The molecule has 1 aromatic carbocycles. The Kier molecular flexibility index (Phi) is 6.06. The van der Waals surface area contributed by atoms with E-state index >= 15 is 0 Å². The summed E-state index contributed by atoms with van der Waals surface area (Å²) in [5.74, 6) is 0. The number of rotatable bonds is 7. The van der Waals surface area contributed by atoms with Gasteiger partial charge in [-0.3, -0.25) is 4.90 Å². The molecule has 2 rings (SSSR count). The second-order valence-corrected chi connectivity index (χ2v) is 6.31. The minimum atomic E-state index is 0.542. The molecule has 0 saturated heterocycles. The van der Waals surface area contributed by atoms with E-state index in [0.29, 0.717) is 6.04 Å². The zero-order valence-electron chi connectivity index (χ0n) is 13.4. The largest absolute Gasteiger partial charge is 0.310 e. The van der Waals surface area contributed by atoms with Crippen molar-refractivity contribution in [2.75, 3.05) is 6.54 Å². The molecule has 0 radical (unpaired) electrons. The maximum atomic E-state index is 3.54. The standard InChI is InChI=1S/C18H30N2/c1-4-20(18-11-7-8-12-18)14-17-10-6-5-9-16(17)13-19-15(2)3/h5-6,9-10,15,18-19H,4,7-8,11-14H2,1-3H3. The second-order valence-electron chi connectivity index (χ2n) is 6.31. The Bertz CT molecular complexity index is 394. The highest BCUT2D eigenvalue weighted by Gasteiger charge is 2.21. The van der Waals surface area contributed by atoms with Crippen LogP contribution >= 0.6 is 0 Å². The summed E-state index contributed by atoms with van der Waals surface area (Å²) in [7, 11) is 0. The average Bonchev–Trinajstić information content (AvgIpc) is 2.97. The van der Waals surface area contributed by atoms with E-state index in [4.69, 9.17) is 0 Å². The van der Waals surface area contributed by atoms with Crippen LogP contribution in [-0.2, 0) is 13.1 Å². The van der Waals surface area contributed by atoms with E-state index in [9.17, 15) is 0 Å². The molecule has 1 fully saturated rings. The predicted octanol–water partition coefficient (Wildman–Crippen LogP) is 3.95. The molecule has 0 heterocycles. The molecule has 112 valence electrons. The van der Waals surface area contributed by atoms with Crippen molar-refractivity contribution in [2.24, 2.45) is 0 Å². The SMILES string of the molecule is CCN(Cc1ccccc1CNC(C)C)C1CCCC1.